The molecule has 0 radical (unpaired) electrons. The van der Waals surface area contributed by atoms with Gasteiger partial charge in [-0.25, -0.2) is 4.98 Å². The molecule has 5 aromatic rings. The van der Waals surface area contributed by atoms with E-state index >= 15 is 0 Å². The Kier molecular flexibility index (Phi) is 3.58. The largest absolute Gasteiger partial charge is 0.497 e. The molecule has 0 amide bonds. The molecular formula is C22H19N3OS. The van der Waals surface area contributed by atoms with Crippen LogP contribution >= 0.6 is 11.3 Å². The van der Waals surface area contributed by atoms with E-state index in [0.717, 1.165) is 22.0 Å². The minimum atomic E-state index is 0.872. The third-order valence-electron chi connectivity index (χ3n) is 5.23. The van der Waals surface area contributed by atoms with Crippen molar-refractivity contribution in [2.45, 2.75) is 6.92 Å². The first-order valence-electron chi connectivity index (χ1n) is 8.83. The Hall–Kier alpha value is -3.05. The maximum absolute atomic E-state index is 5.47. The van der Waals surface area contributed by atoms with Crippen LogP contribution in [0.2, 0.25) is 0 Å². The van der Waals surface area contributed by atoms with Gasteiger partial charge in [0.1, 0.15) is 5.75 Å². The molecule has 2 aromatic carbocycles. The van der Waals surface area contributed by atoms with Gasteiger partial charge in [-0.05, 0) is 25.1 Å². The number of fused-ring (bicyclic) bond motifs is 2. The molecule has 0 spiro atoms. The lowest BCUT2D eigenvalue weighted by Crippen LogP contribution is -1.91. The lowest BCUT2D eigenvalue weighted by molar-refractivity contribution is 0.415. The molecule has 0 aliphatic rings. The summed E-state index contributed by atoms with van der Waals surface area (Å²) in [6.07, 6.45) is 2.13. The minimum Gasteiger partial charge on any atom is -0.497 e. The third kappa shape index (κ3) is 2.39. The van der Waals surface area contributed by atoms with Gasteiger partial charge in [-0.15, -0.1) is 11.3 Å². The molecular weight excluding hydrogens is 354 g/mol. The van der Waals surface area contributed by atoms with Gasteiger partial charge < -0.3 is 9.30 Å². The van der Waals surface area contributed by atoms with E-state index in [1.807, 2.05) is 24.3 Å². The average molecular weight is 373 g/mol. The first-order chi connectivity index (χ1) is 13.2. The summed E-state index contributed by atoms with van der Waals surface area (Å²) in [5.41, 5.74) is 6.96. The van der Waals surface area contributed by atoms with Crippen molar-refractivity contribution in [2.75, 3.05) is 7.11 Å². The zero-order valence-electron chi connectivity index (χ0n) is 15.4. The number of rotatable bonds is 3. The topological polar surface area (TPSA) is 31.5 Å². The number of benzene rings is 2. The van der Waals surface area contributed by atoms with Crippen molar-refractivity contribution in [2.24, 2.45) is 7.05 Å². The van der Waals surface area contributed by atoms with Crippen LogP contribution < -0.4 is 4.74 Å². The van der Waals surface area contributed by atoms with Gasteiger partial charge in [-0.1, -0.05) is 30.3 Å². The number of aromatic nitrogens is 3. The average Bonchev–Trinajstić information content (AvgIpc) is 3.35. The highest BCUT2D eigenvalue weighted by Crippen LogP contribution is 2.38. The molecule has 5 heteroatoms. The van der Waals surface area contributed by atoms with Gasteiger partial charge >= 0.3 is 0 Å². The van der Waals surface area contributed by atoms with E-state index in [-0.39, 0.29) is 0 Å². The molecule has 4 nitrogen and oxygen atoms in total. The van der Waals surface area contributed by atoms with Gasteiger partial charge in [-0.2, -0.15) is 0 Å². The summed E-state index contributed by atoms with van der Waals surface area (Å²) in [6.45, 7) is 2.17. The van der Waals surface area contributed by atoms with Crippen LogP contribution in [0.15, 0.2) is 60.1 Å². The summed E-state index contributed by atoms with van der Waals surface area (Å²) >= 11 is 1.67. The fourth-order valence-corrected chi connectivity index (χ4v) is 4.58. The van der Waals surface area contributed by atoms with Crippen LogP contribution in [0, 0.1) is 6.92 Å². The summed E-state index contributed by atoms with van der Waals surface area (Å²) in [6, 6.07) is 16.6. The Bertz CT molecular complexity index is 1280. The predicted octanol–water partition coefficient (Wildman–Crippen LogP) is 5.54. The van der Waals surface area contributed by atoms with E-state index in [0.29, 0.717) is 0 Å². The number of hydrogen-bond donors (Lipinski definition) is 0. The van der Waals surface area contributed by atoms with Crippen molar-refractivity contribution >= 4 is 27.2 Å². The Morgan fingerprint density at radius 3 is 2.67 bits per heavy atom. The molecule has 3 heterocycles. The van der Waals surface area contributed by atoms with E-state index in [9.17, 15) is 0 Å². The number of methoxy groups -OCH3 is 1. The number of nitrogens with zero attached hydrogens (tertiary/aromatic N) is 3. The van der Waals surface area contributed by atoms with Crippen molar-refractivity contribution in [3.05, 3.63) is 65.8 Å². The molecule has 0 unspecified atom stereocenters. The van der Waals surface area contributed by atoms with Crippen LogP contribution in [-0.2, 0) is 7.05 Å². The van der Waals surface area contributed by atoms with Crippen LogP contribution in [0.3, 0.4) is 0 Å². The quantitative estimate of drug-likeness (QED) is 0.416. The first-order valence-corrected chi connectivity index (χ1v) is 9.70. The molecule has 3 aromatic heterocycles. The van der Waals surface area contributed by atoms with Crippen LogP contribution in [0.25, 0.3) is 38.4 Å². The molecule has 0 N–H and O–H groups in total. The van der Waals surface area contributed by atoms with E-state index in [4.69, 9.17) is 9.72 Å². The van der Waals surface area contributed by atoms with E-state index in [2.05, 4.69) is 58.8 Å². The number of ether oxygens (including phenoxy) is 1. The van der Waals surface area contributed by atoms with E-state index in [1.165, 1.54) is 27.9 Å². The second kappa shape index (κ2) is 5.99. The lowest BCUT2D eigenvalue weighted by Gasteiger charge is -2.03. The highest BCUT2D eigenvalue weighted by molar-refractivity contribution is 7.15. The first kappa shape index (κ1) is 16.1. The molecule has 0 atom stereocenters. The van der Waals surface area contributed by atoms with Gasteiger partial charge in [0.05, 0.1) is 18.5 Å². The maximum Gasteiger partial charge on any atom is 0.194 e. The molecule has 0 saturated heterocycles. The number of imidazole rings is 1. The molecule has 134 valence electrons. The SMILES string of the molecule is COc1ccc2c(c1)c(-c1csc3nc(-c4ccccc4)cn13)c(C)n2C. The zero-order valence-corrected chi connectivity index (χ0v) is 16.2. The van der Waals surface area contributed by atoms with Gasteiger partial charge in [-0.3, -0.25) is 4.40 Å². The number of hydrogen-bond acceptors (Lipinski definition) is 3. The highest BCUT2D eigenvalue weighted by atomic mass is 32.1. The highest BCUT2D eigenvalue weighted by Gasteiger charge is 2.19. The molecule has 0 bridgehead atoms. The Labute approximate surface area is 161 Å². The monoisotopic (exact) mass is 373 g/mol. The van der Waals surface area contributed by atoms with Crippen molar-refractivity contribution in [3.8, 4) is 28.3 Å². The Morgan fingerprint density at radius 2 is 1.89 bits per heavy atom. The van der Waals surface area contributed by atoms with Crippen molar-refractivity contribution in [1.82, 2.24) is 14.0 Å². The normalized spacial score (nSPS) is 11.5. The van der Waals surface area contributed by atoms with Gasteiger partial charge in [0.2, 0.25) is 0 Å². The fourth-order valence-electron chi connectivity index (χ4n) is 3.71. The molecule has 0 saturated carbocycles. The summed E-state index contributed by atoms with van der Waals surface area (Å²) in [5.74, 6) is 0.872. The van der Waals surface area contributed by atoms with Crippen LogP contribution in [0.4, 0.5) is 0 Å². The van der Waals surface area contributed by atoms with Gasteiger partial charge in [0.25, 0.3) is 0 Å². The molecule has 27 heavy (non-hydrogen) atoms. The minimum absolute atomic E-state index is 0.872. The summed E-state index contributed by atoms with van der Waals surface area (Å²) in [5, 5.41) is 3.39. The van der Waals surface area contributed by atoms with Crippen molar-refractivity contribution in [1.29, 1.82) is 0 Å². The zero-order chi connectivity index (χ0) is 18.5. The molecule has 5 rings (SSSR count). The molecule has 0 aliphatic carbocycles. The Morgan fingerprint density at radius 1 is 1.07 bits per heavy atom. The number of thiazole rings is 1. The van der Waals surface area contributed by atoms with Crippen LogP contribution in [0.5, 0.6) is 5.75 Å². The second-order valence-corrected chi connectivity index (χ2v) is 7.50. The smallest absolute Gasteiger partial charge is 0.194 e. The summed E-state index contributed by atoms with van der Waals surface area (Å²) in [4.78, 5) is 5.83. The fraction of sp³-hybridized carbons (Fsp3) is 0.136. The van der Waals surface area contributed by atoms with Crippen LogP contribution in [-0.4, -0.2) is 21.1 Å². The van der Waals surface area contributed by atoms with E-state index < -0.39 is 0 Å². The predicted molar refractivity (Wildman–Crippen MR) is 112 cm³/mol. The standard InChI is InChI=1S/C22H19N3OS/c1-14-21(17-11-16(26-3)9-10-19(17)24(14)2)20-13-27-22-23-18(12-25(20)22)15-7-5-4-6-8-15/h4-13H,1-3H3. The maximum atomic E-state index is 5.47. The lowest BCUT2D eigenvalue weighted by atomic mass is 10.1. The van der Waals surface area contributed by atoms with E-state index in [1.54, 1.807) is 18.4 Å². The second-order valence-electron chi connectivity index (χ2n) is 6.67. The Balaban J connectivity index is 1.76. The third-order valence-corrected chi connectivity index (χ3v) is 6.07. The van der Waals surface area contributed by atoms with Crippen molar-refractivity contribution < 1.29 is 4.74 Å². The van der Waals surface area contributed by atoms with Gasteiger partial charge in [0.15, 0.2) is 4.96 Å². The van der Waals surface area contributed by atoms with Crippen molar-refractivity contribution in [3.63, 3.8) is 0 Å². The van der Waals surface area contributed by atoms with Gasteiger partial charge in [0, 0.05) is 46.3 Å². The summed E-state index contributed by atoms with van der Waals surface area (Å²) < 4.78 is 9.91. The van der Waals surface area contributed by atoms with Crippen LogP contribution in [0.1, 0.15) is 5.69 Å². The number of aryl methyl sites for hydroxylation is 1. The molecule has 0 aliphatic heterocycles. The summed E-state index contributed by atoms with van der Waals surface area (Å²) in [7, 11) is 3.82. The molecule has 0 fully saturated rings.